The Hall–Kier alpha value is -1.54. The number of hydrogen-bond donors (Lipinski definition) is 1. The van der Waals surface area contributed by atoms with Gasteiger partial charge in [-0.25, -0.2) is 0 Å². The maximum absolute atomic E-state index is 5.88. The smallest absolute Gasteiger partial charge is 0.0388 e. The van der Waals surface area contributed by atoms with Crippen molar-refractivity contribution in [3.05, 3.63) is 64.1 Å². The van der Waals surface area contributed by atoms with Crippen LogP contribution in [0.5, 0.6) is 0 Å². The van der Waals surface area contributed by atoms with Crippen molar-refractivity contribution in [1.82, 2.24) is 0 Å². The van der Waals surface area contributed by atoms with Crippen LogP contribution in [0.25, 0.3) is 12.2 Å². The fourth-order valence-corrected chi connectivity index (χ4v) is 1.82. The van der Waals surface area contributed by atoms with Crippen LogP contribution < -0.4 is 5.73 Å². The number of benzene rings is 2. The topological polar surface area (TPSA) is 26.0 Å². The van der Waals surface area contributed by atoms with Gasteiger partial charge in [-0.15, -0.1) is 0 Å². The van der Waals surface area contributed by atoms with Gasteiger partial charge in [-0.1, -0.05) is 58.4 Å². The molecule has 16 heavy (non-hydrogen) atoms. The lowest BCUT2D eigenvalue weighted by atomic mass is 10.1. The number of nitrogen functional groups attached to an aromatic ring is 1. The minimum absolute atomic E-state index is 0.787. The monoisotopic (exact) mass is 273 g/mol. The normalized spacial score (nSPS) is 10.8. The molecule has 0 aliphatic carbocycles. The summed E-state index contributed by atoms with van der Waals surface area (Å²) in [6.07, 6.45) is 4.08. The van der Waals surface area contributed by atoms with Crippen LogP contribution >= 0.6 is 15.9 Å². The van der Waals surface area contributed by atoms with E-state index in [1.54, 1.807) is 0 Å². The molecule has 0 aliphatic heterocycles. The maximum atomic E-state index is 5.88. The molecule has 0 radical (unpaired) electrons. The van der Waals surface area contributed by atoms with Gasteiger partial charge in [0.05, 0.1) is 0 Å². The highest BCUT2D eigenvalue weighted by Gasteiger charge is 1.95. The molecule has 0 aliphatic rings. The average molecular weight is 274 g/mol. The lowest BCUT2D eigenvalue weighted by Crippen LogP contribution is -1.88. The first kappa shape index (κ1) is 11.0. The summed E-state index contributed by atoms with van der Waals surface area (Å²) in [4.78, 5) is 0. The van der Waals surface area contributed by atoms with Gasteiger partial charge >= 0.3 is 0 Å². The standard InChI is InChI=1S/C14H12BrN/c15-13-8-9-14(16)12(10-13)7-6-11-4-2-1-3-5-11/h1-10H,16H2. The number of anilines is 1. The van der Waals surface area contributed by atoms with Crippen LogP contribution in [0.15, 0.2) is 53.0 Å². The van der Waals surface area contributed by atoms with E-state index in [2.05, 4.69) is 34.1 Å². The van der Waals surface area contributed by atoms with Crippen LogP contribution in [-0.2, 0) is 0 Å². The zero-order valence-electron chi connectivity index (χ0n) is 8.73. The molecule has 2 heteroatoms. The third-order valence-electron chi connectivity index (χ3n) is 2.30. The van der Waals surface area contributed by atoms with Crippen molar-refractivity contribution in [2.45, 2.75) is 0 Å². The lowest BCUT2D eigenvalue weighted by molar-refractivity contribution is 1.60. The van der Waals surface area contributed by atoms with Crippen molar-refractivity contribution in [3.63, 3.8) is 0 Å². The van der Waals surface area contributed by atoms with Crippen molar-refractivity contribution in [1.29, 1.82) is 0 Å². The van der Waals surface area contributed by atoms with E-state index in [-0.39, 0.29) is 0 Å². The predicted octanol–water partition coefficient (Wildman–Crippen LogP) is 4.20. The van der Waals surface area contributed by atoms with Gasteiger partial charge in [0, 0.05) is 10.2 Å². The SMILES string of the molecule is Nc1ccc(Br)cc1C=Cc1ccccc1. The van der Waals surface area contributed by atoms with Gasteiger partial charge in [0.25, 0.3) is 0 Å². The molecule has 0 fully saturated rings. The van der Waals surface area contributed by atoms with Crippen molar-refractivity contribution in [3.8, 4) is 0 Å². The molecule has 0 unspecified atom stereocenters. The Kier molecular flexibility index (Phi) is 3.42. The summed E-state index contributed by atoms with van der Waals surface area (Å²) in [7, 11) is 0. The molecule has 0 amide bonds. The molecule has 0 saturated heterocycles. The number of rotatable bonds is 2. The third kappa shape index (κ3) is 2.74. The van der Waals surface area contributed by atoms with E-state index in [4.69, 9.17) is 5.73 Å². The van der Waals surface area contributed by atoms with E-state index in [0.29, 0.717) is 0 Å². The molecule has 2 aromatic carbocycles. The predicted molar refractivity (Wildman–Crippen MR) is 73.9 cm³/mol. The summed E-state index contributed by atoms with van der Waals surface area (Å²) in [5.41, 5.74) is 8.86. The highest BCUT2D eigenvalue weighted by atomic mass is 79.9. The molecule has 80 valence electrons. The Morgan fingerprint density at radius 3 is 2.44 bits per heavy atom. The Morgan fingerprint density at radius 1 is 0.938 bits per heavy atom. The Morgan fingerprint density at radius 2 is 1.69 bits per heavy atom. The first-order valence-corrected chi connectivity index (χ1v) is 5.83. The van der Waals surface area contributed by atoms with E-state index in [0.717, 1.165) is 15.7 Å². The van der Waals surface area contributed by atoms with Crippen molar-refractivity contribution in [2.75, 3.05) is 5.73 Å². The lowest BCUT2D eigenvalue weighted by Gasteiger charge is -2.00. The highest BCUT2D eigenvalue weighted by molar-refractivity contribution is 9.10. The fourth-order valence-electron chi connectivity index (χ4n) is 1.44. The summed E-state index contributed by atoms with van der Waals surface area (Å²) in [5, 5.41) is 0. The van der Waals surface area contributed by atoms with E-state index < -0.39 is 0 Å². The molecular formula is C14H12BrN. The van der Waals surface area contributed by atoms with Crippen molar-refractivity contribution in [2.24, 2.45) is 0 Å². The summed E-state index contributed by atoms with van der Waals surface area (Å²) in [5.74, 6) is 0. The molecule has 2 rings (SSSR count). The molecule has 1 nitrogen and oxygen atoms in total. The van der Waals surface area contributed by atoms with Gasteiger partial charge in [-0.2, -0.15) is 0 Å². The van der Waals surface area contributed by atoms with E-state index in [1.807, 2.05) is 42.5 Å². The highest BCUT2D eigenvalue weighted by Crippen LogP contribution is 2.20. The Labute approximate surface area is 104 Å². The van der Waals surface area contributed by atoms with Gasteiger partial charge in [0.15, 0.2) is 0 Å². The second kappa shape index (κ2) is 4.99. The number of halogens is 1. The van der Waals surface area contributed by atoms with Gasteiger partial charge < -0.3 is 5.73 Å². The quantitative estimate of drug-likeness (QED) is 0.644. The van der Waals surface area contributed by atoms with Crippen LogP contribution in [0, 0.1) is 0 Å². The van der Waals surface area contributed by atoms with Crippen molar-refractivity contribution >= 4 is 33.8 Å². The minimum atomic E-state index is 0.787. The van der Waals surface area contributed by atoms with Crippen LogP contribution in [0.4, 0.5) is 5.69 Å². The van der Waals surface area contributed by atoms with Gasteiger partial charge in [-0.05, 0) is 29.3 Å². The van der Waals surface area contributed by atoms with E-state index in [9.17, 15) is 0 Å². The van der Waals surface area contributed by atoms with Crippen molar-refractivity contribution < 1.29 is 0 Å². The Bertz CT molecular complexity index is 503. The molecule has 0 spiro atoms. The maximum Gasteiger partial charge on any atom is 0.0388 e. The summed E-state index contributed by atoms with van der Waals surface area (Å²) in [6, 6.07) is 16.0. The van der Waals surface area contributed by atoms with E-state index in [1.165, 1.54) is 5.56 Å². The second-order valence-electron chi connectivity index (χ2n) is 3.52. The first-order valence-electron chi connectivity index (χ1n) is 5.04. The average Bonchev–Trinajstić information content (AvgIpc) is 2.32. The summed E-state index contributed by atoms with van der Waals surface area (Å²) < 4.78 is 1.04. The summed E-state index contributed by atoms with van der Waals surface area (Å²) >= 11 is 3.43. The second-order valence-corrected chi connectivity index (χ2v) is 4.43. The van der Waals surface area contributed by atoms with Crippen LogP contribution in [-0.4, -0.2) is 0 Å². The molecular weight excluding hydrogens is 262 g/mol. The Balaban J connectivity index is 2.27. The molecule has 2 aromatic rings. The van der Waals surface area contributed by atoms with Crippen LogP contribution in [0.3, 0.4) is 0 Å². The van der Waals surface area contributed by atoms with E-state index >= 15 is 0 Å². The van der Waals surface area contributed by atoms with Crippen LogP contribution in [0.2, 0.25) is 0 Å². The first-order chi connectivity index (χ1) is 7.75. The summed E-state index contributed by atoms with van der Waals surface area (Å²) in [6.45, 7) is 0. The van der Waals surface area contributed by atoms with Gasteiger partial charge in [0.2, 0.25) is 0 Å². The molecule has 0 heterocycles. The largest absolute Gasteiger partial charge is 0.398 e. The minimum Gasteiger partial charge on any atom is -0.398 e. The van der Waals surface area contributed by atoms with Gasteiger partial charge in [-0.3, -0.25) is 0 Å². The zero-order chi connectivity index (χ0) is 11.4. The molecule has 0 bridgehead atoms. The molecule has 0 aromatic heterocycles. The number of hydrogen-bond acceptors (Lipinski definition) is 1. The van der Waals surface area contributed by atoms with Crippen LogP contribution in [0.1, 0.15) is 11.1 Å². The zero-order valence-corrected chi connectivity index (χ0v) is 10.3. The third-order valence-corrected chi connectivity index (χ3v) is 2.80. The number of nitrogens with two attached hydrogens (primary N) is 1. The molecule has 2 N–H and O–H groups in total. The molecule has 0 atom stereocenters. The molecule has 0 saturated carbocycles. The fraction of sp³-hybridized carbons (Fsp3) is 0. The van der Waals surface area contributed by atoms with Gasteiger partial charge in [0.1, 0.15) is 0 Å².